The summed E-state index contributed by atoms with van der Waals surface area (Å²) in [5.41, 5.74) is 1.34. The fourth-order valence-electron chi connectivity index (χ4n) is 1.49. The smallest absolute Gasteiger partial charge is 0.216 e. The minimum absolute atomic E-state index is 0.0317. The number of aryl methyl sites for hydroxylation is 1. The highest BCUT2D eigenvalue weighted by Gasteiger charge is 2.23. The topological polar surface area (TPSA) is 29.1 Å². The number of amides is 1. The minimum atomic E-state index is 0.0317. The van der Waals surface area contributed by atoms with Gasteiger partial charge < -0.3 is 5.32 Å². The number of hydrogen-bond donors (Lipinski definition) is 1. The second kappa shape index (κ2) is 4.13. The van der Waals surface area contributed by atoms with Crippen molar-refractivity contribution in [3.8, 4) is 0 Å². The summed E-state index contributed by atoms with van der Waals surface area (Å²) in [5.74, 6) is 0.0345. The van der Waals surface area contributed by atoms with E-state index in [9.17, 15) is 4.79 Å². The van der Waals surface area contributed by atoms with Gasteiger partial charge in [-0.15, -0.1) is 11.3 Å². The SMILES string of the molecule is CC(=O)NCC(C)(C)c1sccc1C. The van der Waals surface area contributed by atoms with Gasteiger partial charge in [0.1, 0.15) is 0 Å². The first kappa shape index (κ1) is 11.2. The quantitative estimate of drug-likeness (QED) is 0.817. The Hall–Kier alpha value is -0.830. The predicted molar refractivity (Wildman–Crippen MR) is 60.8 cm³/mol. The zero-order valence-corrected chi connectivity index (χ0v) is 9.99. The maximum absolute atomic E-state index is 10.8. The molecule has 1 rings (SSSR count). The maximum Gasteiger partial charge on any atom is 0.216 e. The average Bonchev–Trinajstić information content (AvgIpc) is 2.48. The largest absolute Gasteiger partial charge is 0.355 e. The van der Waals surface area contributed by atoms with Crippen molar-refractivity contribution >= 4 is 17.2 Å². The lowest BCUT2D eigenvalue weighted by atomic mass is 9.89. The van der Waals surface area contributed by atoms with Crippen LogP contribution < -0.4 is 5.32 Å². The molecule has 0 spiro atoms. The average molecular weight is 211 g/mol. The monoisotopic (exact) mass is 211 g/mol. The molecule has 1 aromatic heterocycles. The highest BCUT2D eigenvalue weighted by Crippen LogP contribution is 2.30. The Morgan fingerprint density at radius 1 is 1.57 bits per heavy atom. The molecule has 1 aromatic rings. The van der Waals surface area contributed by atoms with Crippen LogP contribution in [0.5, 0.6) is 0 Å². The summed E-state index contributed by atoms with van der Waals surface area (Å²) in [6.07, 6.45) is 0. The van der Waals surface area contributed by atoms with Gasteiger partial charge in [-0.2, -0.15) is 0 Å². The van der Waals surface area contributed by atoms with Crippen molar-refractivity contribution in [3.63, 3.8) is 0 Å². The van der Waals surface area contributed by atoms with Crippen LogP contribution in [-0.4, -0.2) is 12.5 Å². The molecule has 0 atom stereocenters. The van der Waals surface area contributed by atoms with Crippen LogP contribution in [0.2, 0.25) is 0 Å². The van der Waals surface area contributed by atoms with Crippen LogP contribution in [0.4, 0.5) is 0 Å². The summed E-state index contributed by atoms with van der Waals surface area (Å²) in [5, 5.41) is 4.97. The lowest BCUT2D eigenvalue weighted by Gasteiger charge is -2.24. The Bertz CT molecular complexity index is 328. The Morgan fingerprint density at radius 2 is 2.21 bits per heavy atom. The van der Waals surface area contributed by atoms with E-state index >= 15 is 0 Å². The molecule has 1 heterocycles. The molecule has 0 aliphatic carbocycles. The fraction of sp³-hybridized carbons (Fsp3) is 0.545. The summed E-state index contributed by atoms with van der Waals surface area (Å²) in [4.78, 5) is 12.2. The van der Waals surface area contributed by atoms with Crippen LogP contribution >= 0.6 is 11.3 Å². The number of carbonyl (C=O) groups is 1. The van der Waals surface area contributed by atoms with Crippen LogP contribution in [0.25, 0.3) is 0 Å². The van der Waals surface area contributed by atoms with Crippen molar-refractivity contribution in [1.29, 1.82) is 0 Å². The summed E-state index contributed by atoms with van der Waals surface area (Å²) in [7, 11) is 0. The number of rotatable bonds is 3. The molecule has 1 amide bonds. The molecule has 2 nitrogen and oxygen atoms in total. The number of thiophene rings is 1. The number of nitrogens with one attached hydrogen (secondary N) is 1. The molecule has 1 N–H and O–H groups in total. The van der Waals surface area contributed by atoms with E-state index in [0.29, 0.717) is 6.54 Å². The van der Waals surface area contributed by atoms with Gasteiger partial charge in [-0.25, -0.2) is 0 Å². The van der Waals surface area contributed by atoms with Crippen LogP contribution in [0.1, 0.15) is 31.2 Å². The van der Waals surface area contributed by atoms with Crippen LogP contribution in [-0.2, 0) is 10.2 Å². The summed E-state index contributed by atoms with van der Waals surface area (Å²) < 4.78 is 0. The molecule has 0 unspecified atom stereocenters. The zero-order chi connectivity index (χ0) is 10.8. The third-order valence-electron chi connectivity index (χ3n) is 2.26. The lowest BCUT2D eigenvalue weighted by molar-refractivity contribution is -0.119. The highest BCUT2D eigenvalue weighted by atomic mass is 32.1. The van der Waals surface area contributed by atoms with Gasteiger partial charge in [-0.1, -0.05) is 13.8 Å². The molecular weight excluding hydrogens is 194 g/mol. The molecule has 3 heteroatoms. The van der Waals surface area contributed by atoms with Gasteiger partial charge in [0.2, 0.25) is 5.91 Å². The summed E-state index contributed by atoms with van der Waals surface area (Å²) in [6, 6.07) is 2.12. The lowest BCUT2D eigenvalue weighted by Crippen LogP contribution is -2.35. The third-order valence-corrected chi connectivity index (χ3v) is 3.64. The second-order valence-electron chi connectivity index (χ2n) is 4.23. The molecule has 0 radical (unpaired) electrons. The molecule has 0 bridgehead atoms. The van der Waals surface area contributed by atoms with Crippen LogP contribution in [0.15, 0.2) is 11.4 Å². The Kier molecular flexibility index (Phi) is 3.32. The number of hydrogen-bond acceptors (Lipinski definition) is 2. The summed E-state index contributed by atoms with van der Waals surface area (Å²) in [6.45, 7) is 8.67. The predicted octanol–water partition coefficient (Wildman–Crippen LogP) is 2.47. The molecule has 0 saturated heterocycles. The number of carbonyl (C=O) groups excluding carboxylic acids is 1. The zero-order valence-electron chi connectivity index (χ0n) is 9.18. The van der Waals surface area contributed by atoms with Gasteiger partial charge in [-0.3, -0.25) is 4.79 Å². The van der Waals surface area contributed by atoms with Gasteiger partial charge in [-0.05, 0) is 23.9 Å². The van der Waals surface area contributed by atoms with Crippen LogP contribution in [0.3, 0.4) is 0 Å². The van der Waals surface area contributed by atoms with Crippen molar-refractivity contribution in [2.45, 2.75) is 33.1 Å². The van der Waals surface area contributed by atoms with Crippen molar-refractivity contribution in [3.05, 3.63) is 21.9 Å². The van der Waals surface area contributed by atoms with E-state index in [4.69, 9.17) is 0 Å². The van der Waals surface area contributed by atoms with Crippen molar-refractivity contribution in [1.82, 2.24) is 5.32 Å². The Morgan fingerprint density at radius 3 is 2.64 bits per heavy atom. The van der Waals surface area contributed by atoms with E-state index in [0.717, 1.165) is 0 Å². The molecule has 0 aromatic carbocycles. The Balaban J connectivity index is 2.75. The van der Waals surface area contributed by atoms with E-state index in [1.165, 1.54) is 10.4 Å². The van der Waals surface area contributed by atoms with Crippen molar-refractivity contribution in [2.24, 2.45) is 0 Å². The molecule has 0 aliphatic heterocycles. The first-order valence-corrected chi connectivity index (χ1v) is 5.60. The van der Waals surface area contributed by atoms with E-state index in [1.54, 1.807) is 18.3 Å². The molecular formula is C11H17NOS. The van der Waals surface area contributed by atoms with E-state index in [2.05, 4.69) is 37.5 Å². The first-order chi connectivity index (χ1) is 6.43. The molecule has 0 fully saturated rings. The van der Waals surface area contributed by atoms with Gasteiger partial charge in [0, 0.05) is 23.8 Å². The molecule has 0 aliphatic rings. The standard InChI is InChI=1S/C11H17NOS/c1-8-5-6-14-10(8)11(3,4)7-12-9(2)13/h5-6H,7H2,1-4H3,(H,12,13). The van der Waals surface area contributed by atoms with Gasteiger partial charge in [0.25, 0.3) is 0 Å². The van der Waals surface area contributed by atoms with E-state index < -0.39 is 0 Å². The van der Waals surface area contributed by atoms with Crippen LogP contribution in [0, 0.1) is 6.92 Å². The molecule has 14 heavy (non-hydrogen) atoms. The molecule has 78 valence electrons. The highest BCUT2D eigenvalue weighted by molar-refractivity contribution is 7.10. The van der Waals surface area contributed by atoms with Gasteiger partial charge in [0.05, 0.1) is 0 Å². The van der Waals surface area contributed by atoms with Crippen molar-refractivity contribution < 1.29 is 4.79 Å². The van der Waals surface area contributed by atoms with Crippen molar-refractivity contribution in [2.75, 3.05) is 6.54 Å². The minimum Gasteiger partial charge on any atom is -0.355 e. The Labute approximate surface area is 89.3 Å². The third kappa shape index (κ3) is 2.58. The first-order valence-electron chi connectivity index (χ1n) is 4.72. The second-order valence-corrected chi connectivity index (χ2v) is 5.14. The van der Waals surface area contributed by atoms with E-state index in [1.807, 2.05) is 0 Å². The summed E-state index contributed by atoms with van der Waals surface area (Å²) >= 11 is 1.76. The van der Waals surface area contributed by atoms with Gasteiger partial charge >= 0.3 is 0 Å². The van der Waals surface area contributed by atoms with E-state index in [-0.39, 0.29) is 11.3 Å². The normalized spacial score (nSPS) is 11.4. The van der Waals surface area contributed by atoms with Gasteiger partial charge in [0.15, 0.2) is 0 Å². The fourth-order valence-corrected chi connectivity index (χ4v) is 2.55. The maximum atomic E-state index is 10.8. The molecule has 0 saturated carbocycles.